The minimum atomic E-state index is -3.96. The lowest BCUT2D eigenvalue weighted by Gasteiger charge is -2.39. The molecule has 2 unspecified atom stereocenters. The Morgan fingerprint density at radius 2 is 1.74 bits per heavy atom. The Hall–Kier alpha value is -2.26. The quantitative estimate of drug-likeness (QED) is 0.640. The van der Waals surface area contributed by atoms with Gasteiger partial charge in [0.05, 0.1) is 24.0 Å². The molecule has 0 saturated carbocycles. The molecule has 0 spiro atoms. The summed E-state index contributed by atoms with van der Waals surface area (Å²) >= 11 is 0. The minimum Gasteiger partial charge on any atom is -0.394 e. The zero-order valence-corrected chi connectivity index (χ0v) is 19.5. The molecular formula is C23H31N3O4S. The number of likely N-dealkylation sites (N-methyl/N-ethyl adjacent to an activating group) is 1. The summed E-state index contributed by atoms with van der Waals surface area (Å²) in [6.07, 6.45) is 1.66. The normalized spacial score (nSPS) is 21.6. The molecule has 1 heterocycles. The van der Waals surface area contributed by atoms with Crippen molar-refractivity contribution >= 4 is 16.2 Å². The zero-order chi connectivity index (χ0) is 22.9. The average molecular weight is 446 g/mol. The highest BCUT2D eigenvalue weighted by Crippen LogP contribution is 2.37. The number of hydrogen-bond acceptors (Lipinski definition) is 6. The molecule has 0 saturated heterocycles. The summed E-state index contributed by atoms with van der Waals surface area (Å²) in [5, 5.41) is 15.2. The second-order valence-electron chi connectivity index (χ2n) is 8.82. The smallest absolute Gasteiger partial charge is 0.244 e. The number of aliphatic hydroxyl groups excluding tert-OH is 1. The van der Waals surface area contributed by atoms with Crippen LogP contribution >= 0.6 is 0 Å². The predicted octanol–water partition coefficient (Wildman–Crippen LogP) is 2.95. The van der Waals surface area contributed by atoms with Crippen LogP contribution in [0.1, 0.15) is 43.4 Å². The molecule has 0 bridgehead atoms. The Balaban J connectivity index is 2.00. The van der Waals surface area contributed by atoms with Crippen molar-refractivity contribution in [1.82, 2.24) is 9.73 Å². The van der Waals surface area contributed by atoms with Gasteiger partial charge in [0.2, 0.25) is 15.9 Å². The first-order valence-electron chi connectivity index (χ1n) is 10.2. The molecule has 1 aliphatic heterocycles. The number of nitrogens with one attached hydrogen (secondary N) is 1. The zero-order valence-electron chi connectivity index (χ0n) is 18.7. The lowest BCUT2D eigenvalue weighted by atomic mass is 9.87. The Morgan fingerprint density at radius 3 is 2.29 bits per heavy atom. The number of hydrazone groups is 1. The van der Waals surface area contributed by atoms with Gasteiger partial charge in [-0.05, 0) is 35.6 Å². The van der Waals surface area contributed by atoms with Crippen LogP contribution in [0.3, 0.4) is 0 Å². The van der Waals surface area contributed by atoms with E-state index < -0.39 is 21.8 Å². The van der Waals surface area contributed by atoms with Crippen LogP contribution in [0.4, 0.5) is 0 Å². The third kappa shape index (κ3) is 4.82. The number of aliphatic hydroxyl groups is 1. The van der Waals surface area contributed by atoms with Gasteiger partial charge in [0.15, 0.2) is 0 Å². The van der Waals surface area contributed by atoms with Gasteiger partial charge in [-0.15, -0.1) is 0 Å². The van der Waals surface area contributed by atoms with E-state index in [0.717, 1.165) is 16.7 Å². The molecule has 1 aliphatic rings. The Bertz CT molecular complexity index is 1030. The van der Waals surface area contributed by atoms with E-state index in [4.69, 9.17) is 4.74 Å². The Labute approximate surface area is 184 Å². The number of rotatable bonds is 7. The van der Waals surface area contributed by atoms with Gasteiger partial charge in [-0.1, -0.05) is 62.7 Å². The summed E-state index contributed by atoms with van der Waals surface area (Å²) in [7, 11) is -2.31. The van der Waals surface area contributed by atoms with E-state index in [9.17, 15) is 13.5 Å². The highest BCUT2D eigenvalue weighted by atomic mass is 32.2. The molecule has 2 N–H and O–H groups in total. The molecule has 8 heteroatoms. The second-order valence-corrected chi connectivity index (χ2v) is 10.5. The van der Waals surface area contributed by atoms with Gasteiger partial charge in [-0.25, -0.2) is 8.42 Å². The van der Waals surface area contributed by atoms with Crippen molar-refractivity contribution in [2.24, 2.45) is 5.10 Å². The second kappa shape index (κ2) is 8.70. The summed E-state index contributed by atoms with van der Waals surface area (Å²) in [5.41, 5.74) is 2.89. The fourth-order valence-corrected chi connectivity index (χ4v) is 4.88. The molecule has 0 aromatic heterocycles. The van der Waals surface area contributed by atoms with E-state index >= 15 is 0 Å². The summed E-state index contributed by atoms with van der Waals surface area (Å²) < 4.78 is 35.4. The molecule has 0 aliphatic carbocycles. The number of sulfonamides is 1. The van der Waals surface area contributed by atoms with Crippen molar-refractivity contribution in [3.8, 4) is 0 Å². The van der Waals surface area contributed by atoms with Crippen LogP contribution < -0.4 is 4.72 Å². The van der Waals surface area contributed by atoms with Crippen LogP contribution in [0.5, 0.6) is 0 Å². The molecule has 2 aromatic rings. The largest absolute Gasteiger partial charge is 0.394 e. The van der Waals surface area contributed by atoms with Crippen molar-refractivity contribution in [2.75, 3.05) is 20.3 Å². The molecule has 2 atom stereocenters. The molecule has 0 fully saturated rings. The summed E-state index contributed by atoms with van der Waals surface area (Å²) in [5.74, 6) is -2.01. The lowest BCUT2D eigenvalue weighted by molar-refractivity contribution is -0.156. The first kappa shape index (κ1) is 23.4. The summed E-state index contributed by atoms with van der Waals surface area (Å²) in [4.78, 5) is 0.135. The van der Waals surface area contributed by atoms with Gasteiger partial charge in [0.1, 0.15) is 0 Å². The van der Waals surface area contributed by atoms with E-state index in [1.165, 1.54) is 5.01 Å². The maximum absolute atomic E-state index is 13.4. The van der Waals surface area contributed by atoms with Crippen molar-refractivity contribution < 1.29 is 18.3 Å². The summed E-state index contributed by atoms with van der Waals surface area (Å²) in [6.45, 7) is 7.90. The third-order valence-electron chi connectivity index (χ3n) is 5.45. The van der Waals surface area contributed by atoms with Crippen LogP contribution in [-0.2, 0) is 20.2 Å². The third-order valence-corrected chi connectivity index (χ3v) is 6.91. The number of nitrogens with zero attached hydrogens (tertiary/aromatic N) is 2. The molecule has 0 radical (unpaired) electrons. The SMILES string of the molecule is Cc1ccc(C2C=NN(C)C2(NS(=O)(=O)c2ccc(C(C)(C)C)cc2)OCCO)cc1. The maximum atomic E-state index is 13.4. The topological polar surface area (TPSA) is 91.2 Å². The Morgan fingerprint density at radius 1 is 1.13 bits per heavy atom. The van der Waals surface area contributed by atoms with Gasteiger partial charge in [-0.2, -0.15) is 9.82 Å². The minimum absolute atomic E-state index is 0.0540. The van der Waals surface area contributed by atoms with Gasteiger partial charge in [-0.3, -0.25) is 5.01 Å². The first-order chi connectivity index (χ1) is 14.5. The number of ether oxygens (including phenoxy) is 1. The first-order valence-corrected chi connectivity index (χ1v) is 11.7. The lowest BCUT2D eigenvalue weighted by Crippen LogP contribution is -2.61. The number of benzene rings is 2. The molecule has 7 nitrogen and oxygen atoms in total. The van der Waals surface area contributed by atoms with Crippen LogP contribution in [0, 0.1) is 6.92 Å². The van der Waals surface area contributed by atoms with Crippen molar-refractivity contribution in [1.29, 1.82) is 0 Å². The maximum Gasteiger partial charge on any atom is 0.244 e. The van der Waals surface area contributed by atoms with Crippen molar-refractivity contribution in [2.45, 2.75) is 49.8 Å². The predicted molar refractivity (Wildman–Crippen MR) is 121 cm³/mol. The monoisotopic (exact) mass is 445 g/mol. The molecular weight excluding hydrogens is 414 g/mol. The van der Waals surface area contributed by atoms with E-state index in [1.54, 1.807) is 25.4 Å². The van der Waals surface area contributed by atoms with Crippen molar-refractivity contribution in [3.05, 3.63) is 65.2 Å². The van der Waals surface area contributed by atoms with E-state index in [0.29, 0.717) is 0 Å². The van der Waals surface area contributed by atoms with Gasteiger partial charge < -0.3 is 9.84 Å². The van der Waals surface area contributed by atoms with Crippen LogP contribution in [0.25, 0.3) is 0 Å². The fraction of sp³-hybridized carbons (Fsp3) is 0.435. The standard InChI is InChI=1S/C23H31N3O4S/c1-17-6-8-18(9-7-17)21-16-24-26(5)23(21,30-15-14-27)25-31(28,29)20-12-10-19(11-13-20)22(2,3)4/h6-13,16,21,25,27H,14-15H2,1-5H3. The molecule has 168 valence electrons. The van der Waals surface area contributed by atoms with Gasteiger partial charge in [0, 0.05) is 13.3 Å². The number of hydrogen-bond donors (Lipinski definition) is 2. The van der Waals surface area contributed by atoms with Crippen LogP contribution in [0.15, 0.2) is 58.5 Å². The van der Waals surface area contributed by atoms with E-state index in [1.807, 2.05) is 43.3 Å². The van der Waals surface area contributed by atoms with E-state index in [2.05, 4.69) is 30.6 Å². The van der Waals surface area contributed by atoms with Gasteiger partial charge >= 0.3 is 0 Å². The summed E-state index contributed by atoms with van der Waals surface area (Å²) in [6, 6.07) is 14.6. The highest BCUT2D eigenvalue weighted by Gasteiger charge is 2.50. The van der Waals surface area contributed by atoms with Gasteiger partial charge in [0.25, 0.3) is 0 Å². The fourth-order valence-electron chi connectivity index (χ4n) is 3.57. The number of aryl methyl sites for hydroxylation is 1. The molecule has 3 rings (SSSR count). The molecule has 2 aromatic carbocycles. The van der Waals surface area contributed by atoms with Crippen LogP contribution in [0.2, 0.25) is 0 Å². The molecule has 0 amide bonds. The Kier molecular flexibility index (Phi) is 6.57. The van der Waals surface area contributed by atoms with E-state index in [-0.39, 0.29) is 23.5 Å². The van der Waals surface area contributed by atoms with Crippen molar-refractivity contribution in [3.63, 3.8) is 0 Å². The molecule has 31 heavy (non-hydrogen) atoms. The van der Waals surface area contributed by atoms with Crippen LogP contribution in [-0.4, -0.2) is 50.9 Å². The average Bonchev–Trinajstić information content (AvgIpc) is 3.02. The highest BCUT2D eigenvalue weighted by molar-refractivity contribution is 7.89.